The number of rotatable bonds is 10. The van der Waals surface area contributed by atoms with Crippen LogP contribution in [-0.2, 0) is 27.2 Å². The Hall–Kier alpha value is -4.19. The molecule has 3 N–H and O–H groups in total. The molecule has 0 fully saturated rings. The number of ether oxygens (including phenoxy) is 1. The molecule has 3 aromatic carbocycles. The van der Waals surface area contributed by atoms with Crippen molar-refractivity contribution < 1.29 is 23.9 Å². The summed E-state index contributed by atoms with van der Waals surface area (Å²) in [5.41, 5.74) is 3.18. The van der Waals surface area contributed by atoms with Gasteiger partial charge in [0.05, 0.1) is 17.9 Å². The predicted molar refractivity (Wildman–Crippen MR) is 197 cm³/mol. The zero-order valence-electron chi connectivity index (χ0n) is 26.6. The van der Waals surface area contributed by atoms with Gasteiger partial charge in [-0.15, -0.1) is 23.1 Å². The summed E-state index contributed by atoms with van der Waals surface area (Å²) in [5, 5.41) is 8.66. The molecule has 1 atom stereocenters. The minimum Gasteiger partial charge on any atom is -0.465 e. The number of halogens is 1. The molecule has 11 heteroatoms. The van der Waals surface area contributed by atoms with E-state index in [0.29, 0.717) is 21.8 Å². The summed E-state index contributed by atoms with van der Waals surface area (Å²) in [4.78, 5) is 54.6. The van der Waals surface area contributed by atoms with Crippen molar-refractivity contribution in [3.63, 3.8) is 0 Å². The first-order valence-electron chi connectivity index (χ1n) is 15.7. The Bertz CT molecular complexity index is 1840. The van der Waals surface area contributed by atoms with Crippen molar-refractivity contribution in [2.75, 3.05) is 17.7 Å². The fourth-order valence-corrected chi connectivity index (χ4v) is 7.97. The zero-order chi connectivity index (χ0) is 34.0. The van der Waals surface area contributed by atoms with Crippen LogP contribution in [0.4, 0.5) is 10.7 Å². The van der Waals surface area contributed by atoms with Crippen LogP contribution < -0.4 is 16.0 Å². The molecule has 1 aliphatic carbocycles. The van der Waals surface area contributed by atoms with Crippen LogP contribution in [0.5, 0.6) is 0 Å². The molecule has 48 heavy (non-hydrogen) atoms. The molecule has 1 heterocycles. The van der Waals surface area contributed by atoms with Crippen molar-refractivity contribution in [1.29, 1.82) is 0 Å². The lowest BCUT2D eigenvalue weighted by atomic mass is 9.96. The number of amides is 3. The number of hydrogen-bond acceptors (Lipinski definition) is 7. The molecule has 0 saturated carbocycles. The van der Waals surface area contributed by atoms with Gasteiger partial charge in [0, 0.05) is 25.5 Å². The van der Waals surface area contributed by atoms with E-state index in [-0.39, 0.29) is 11.6 Å². The van der Waals surface area contributed by atoms with Crippen LogP contribution in [0, 0.1) is 0 Å². The normalized spacial score (nSPS) is 13.7. The first-order valence-corrected chi connectivity index (χ1v) is 18.2. The van der Waals surface area contributed by atoms with E-state index in [1.807, 2.05) is 36.4 Å². The molecule has 5 rings (SSSR count). The van der Waals surface area contributed by atoms with E-state index < -0.39 is 23.0 Å². The second-order valence-corrected chi connectivity index (χ2v) is 14.7. The highest BCUT2D eigenvalue weighted by molar-refractivity contribution is 9.10. The Morgan fingerprint density at radius 3 is 2.40 bits per heavy atom. The molecule has 4 aromatic rings. The van der Waals surface area contributed by atoms with E-state index in [1.165, 1.54) is 30.2 Å². The summed E-state index contributed by atoms with van der Waals surface area (Å²) < 4.78 is 5.94. The summed E-state index contributed by atoms with van der Waals surface area (Å²) in [6.45, 7) is 1.80. The zero-order valence-corrected chi connectivity index (χ0v) is 29.9. The average molecular weight is 747 g/mol. The molecule has 0 aliphatic heterocycles. The number of benzene rings is 3. The van der Waals surface area contributed by atoms with Crippen LogP contribution >= 0.6 is 39.0 Å². The maximum Gasteiger partial charge on any atom is 0.341 e. The SMILES string of the molecule is COC(=O)c1c(NC(=O)C(C)Sc2cccc(NC(=O)/C(=C\c3cccc(Br)c3)NC(=O)c3ccccc3)c2)sc2c1CCCCCC2. The predicted octanol–water partition coefficient (Wildman–Crippen LogP) is 8.49. The lowest BCUT2D eigenvalue weighted by molar-refractivity contribution is -0.115. The number of carbonyl (C=O) groups is 4. The number of thiophene rings is 1. The average Bonchev–Trinajstić information content (AvgIpc) is 3.39. The molecule has 1 aromatic heterocycles. The summed E-state index contributed by atoms with van der Waals surface area (Å²) in [7, 11) is 1.36. The molecule has 3 amide bonds. The summed E-state index contributed by atoms with van der Waals surface area (Å²) in [6, 6.07) is 23.2. The number of anilines is 2. The maximum absolute atomic E-state index is 13.5. The topological polar surface area (TPSA) is 114 Å². The van der Waals surface area contributed by atoms with E-state index in [1.54, 1.807) is 55.5 Å². The molecule has 0 radical (unpaired) electrons. The molecule has 0 spiro atoms. The number of carbonyl (C=O) groups excluding carboxylic acids is 4. The maximum atomic E-state index is 13.5. The van der Waals surface area contributed by atoms with Crippen LogP contribution in [-0.4, -0.2) is 36.1 Å². The quantitative estimate of drug-likeness (QED) is 0.0853. The van der Waals surface area contributed by atoms with Crippen molar-refractivity contribution in [3.8, 4) is 0 Å². The van der Waals surface area contributed by atoms with Gasteiger partial charge in [-0.2, -0.15) is 0 Å². The van der Waals surface area contributed by atoms with Crippen LogP contribution in [0.2, 0.25) is 0 Å². The van der Waals surface area contributed by atoms with Gasteiger partial charge in [-0.25, -0.2) is 4.79 Å². The Kier molecular flexibility index (Phi) is 12.3. The lowest BCUT2D eigenvalue weighted by Gasteiger charge is -2.14. The van der Waals surface area contributed by atoms with Crippen LogP contribution in [0.1, 0.15) is 69.3 Å². The number of hydrogen-bond donors (Lipinski definition) is 3. The van der Waals surface area contributed by atoms with E-state index in [2.05, 4.69) is 31.9 Å². The smallest absolute Gasteiger partial charge is 0.341 e. The fourth-order valence-electron chi connectivity index (χ4n) is 5.35. The summed E-state index contributed by atoms with van der Waals surface area (Å²) in [5.74, 6) is -1.59. The van der Waals surface area contributed by atoms with Gasteiger partial charge < -0.3 is 20.7 Å². The minimum atomic E-state index is -0.511. The number of esters is 1. The Morgan fingerprint density at radius 1 is 0.896 bits per heavy atom. The largest absolute Gasteiger partial charge is 0.465 e. The molecular weight excluding hydrogens is 710 g/mol. The Morgan fingerprint density at radius 2 is 1.65 bits per heavy atom. The monoisotopic (exact) mass is 745 g/mol. The van der Waals surface area contributed by atoms with Gasteiger partial charge in [0.1, 0.15) is 10.7 Å². The van der Waals surface area contributed by atoms with Crippen molar-refractivity contribution in [2.24, 2.45) is 0 Å². The third kappa shape index (κ3) is 9.24. The highest BCUT2D eigenvalue weighted by Gasteiger charge is 2.27. The van der Waals surface area contributed by atoms with Gasteiger partial charge in [0.2, 0.25) is 5.91 Å². The second-order valence-electron chi connectivity index (χ2n) is 11.3. The van der Waals surface area contributed by atoms with E-state index in [4.69, 9.17) is 4.74 Å². The number of thioether (sulfide) groups is 1. The molecule has 8 nitrogen and oxygen atoms in total. The first-order chi connectivity index (χ1) is 23.2. The van der Waals surface area contributed by atoms with Crippen LogP contribution in [0.25, 0.3) is 6.08 Å². The van der Waals surface area contributed by atoms with Gasteiger partial charge in [0.15, 0.2) is 0 Å². The minimum absolute atomic E-state index is 0.0687. The number of nitrogens with one attached hydrogen (secondary N) is 3. The number of aryl methyl sites for hydroxylation is 1. The Labute approximate surface area is 296 Å². The van der Waals surface area contributed by atoms with Crippen molar-refractivity contribution in [3.05, 3.63) is 116 Å². The first kappa shape index (κ1) is 35.1. The van der Waals surface area contributed by atoms with Gasteiger partial charge in [0.25, 0.3) is 11.8 Å². The summed E-state index contributed by atoms with van der Waals surface area (Å²) in [6.07, 6.45) is 7.63. The van der Waals surface area contributed by atoms with Crippen LogP contribution in [0.15, 0.2) is 93.9 Å². The number of methoxy groups -OCH3 is 1. The van der Waals surface area contributed by atoms with Crippen molar-refractivity contribution in [2.45, 2.75) is 55.6 Å². The second kappa shape index (κ2) is 16.8. The Balaban J connectivity index is 1.30. The van der Waals surface area contributed by atoms with Crippen molar-refractivity contribution >= 4 is 79.5 Å². The van der Waals surface area contributed by atoms with E-state index in [9.17, 15) is 19.2 Å². The fraction of sp³-hybridized carbons (Fsp3) is 0.243. The van der Waals surface area contributed by atoms with E-state index >= 15 is 0 Å². The van der Waals surface area contributed by atoms with Crippen LogP contribution in [0.3, 0.4) is 0 Å². The standard InChI is InChI=1S/C37H36BrN3O5S2/c1-23(33(42)41-36-32(37(45)46-2)29-18-8-3-4-9-19-31(29)48-36)47-28-17-11-16-27(22-28)39-35(44)30(21-24-12-10-15-26(38)20-24)40-34(43)25-13-6-5-7-14-25/h5-7,10-17,20-23H,3-4,8-9,18-19H2,1-2H3,(H,39,44)(H,40,43)(H,41,42)/b30-21+. The highest BCUT2D eigenvalue weighted by Crippen LogP contribution is 2.38. The van der Waals surface area contributed by atoms with Gasteiger partial charge in [-0.1, -0.05) is 65.2 Å². The molecule has 0 bridgehead atoms. The third-order valence-corrected chi connectivity index (χ3v) is 10.6. The molecule has 0 saturated heterocycles. The third-order valence-electron chi connectivity index (χ3n) is 7.76. The molecular formula is C37H36BrN3O5S2. The lowest BCUT2D eigenvalue weighted by Crippen LogP contribution is -2.30. The number of fused-ring (bicyclic) bond motifs is 1. The molecule has 248 valence electrons. The van der Waals surface area contributed by atoms with E-state index in [0.717, 1.165) is 63.9 Å². The molecule has 1 aliphatic rings. The molecule has 1 unspecified atom stereocenters. The summed E-state index contributed by atoms with van der Waals surface area (Å²) >= 11 is 6.25. The van der Waals surface area contributed by atoms with Gasteiger partial charge >= 0.3 is 5.97 Å². The van der Waals surface area contributed by atoms with Gasteiger partial charge in [-0.3, -0.25) is 14.4 Å². The van der Waals surface area contributed by atoms with Crippen molar-refractivity contribution in [1.82, 2.24) is 5.32 Å². The van der Waals surface area contributed by atoms with Gasteiger partial charge in [-0.05, 0) is 92.3 Å². The highest BCUT2D eigenvalue weighted by atomic mass is 79.9.